The SMILES string of the molecule is C=CCOc1ccc(OCC(=O)OCC)c(C(=O)NCc2ccc(Br)cc2F)c1. The lowest BCUT2D eigenvalue weighted by Crippen LogP contribution is -2.25. The zero-order chi connectivity index (χ0) is 21.2. The first-order chi connectivity index (χ1) is 13.9. The third-order valence-corrected chi connectivity index (χ3v) is 4.16. The van der Waals surface area contributed by atoms with Gasteiger partial charge in [-0.1, -0.05) is 34.7 Å². The summed E-state index contributed by atoms with van der Waals surface area (Å²) in [4.78, 5) is 24.3. The summed E-state index contributed by atoms with van der Waals surface area (Å²) in [6.07, 6.45) is 1.57. The van der Waals surface area contributed by atoms with E-state index in [2.05, 4.69) is 27.8 Å². The van der Waals surface area contributed by atoms with Crippen LogP contribution in [0.1, 0.15) is 22.8 Å². The fraction of sp³-hybridized carbons (Fsp3) is 0.238. The number of benzene rings is 2. The Morgan fingerprint density at radius 1 is 1.21 bits per heavy atom. The van der Waals surface area contributed by atoms with E-state index in [0.29, 0.717) is 15.8 Å². The summed E-state index contributed by atoms with van der Waals surface area (Å²) in [6.45, 7) is 5.38. The average molecular weight is 466 g/mol. The number of amides is 1. The predicted molar refractivity (Wildman–Crippen MR) is 110 cm³/mol. The van der Waals surface area contributed by atoms with E-state index in [4.69, 9.17) is 14.2 Å². The summed E-state index contributed by atoms with van der Waals surface area (Å²) in [6, 6.07) is 9.18. The summed E-state index contributed by atoms with van der Waals surface area (Å²) < 4.78 is 30.3. The molecule has 0 unspecified atom stereocenters. The fourth-order valence-corrected chi connectivity index (χ4v) is 2.67. The third kappa shape index (κ3) is 6.90. The van der Waals surface area contributed by atoms with Crippen LogP contribution in [0.25, 0.3) is 0 Å². The molecule has 2 aromatic carbocycles. The lowest BCUT2D eigenvalue weighted by molar-refractivity contribution is -0.145. The van der Waals surface area contributed by atoms with Gasteiger partial charge >= 0.3 is 5.97 Å². The molecule has 0 aliphatic heterocycles. The molecular weight excluding hydrogens is 445 g/mol. The van der Waals surface area contributed by atoms with E-state index < -0.39 is 17.7 Å². The first-order valence-corrected chi connectivity index (χ1v) is 9.62. The summed E-state index contributed by atoms with van der Waals surface area (Å²) in [5.74, 6) is -0.898. The largest absolute Gasteiger partial charge is 0.490 e. The number of halogens is 2. The molecule has 154 valence electrons. The van der Waals surface area contributed by atoms with Crippen molar-refractivity contribution in [2.24, 2.45) is 0 Å². The van der Waals surface area contributed by atoms with Gasteiger partial charge in [-0.3, -0.25) is 4.79 Å². The summed E-state index contributed by atoms with van der Waals surface area (Å²) in [5.41, 5.74) is 0.475. The van der Waals surface area contributed by atoms with E-state index in [1.165, 1.54) is 18.2 Å². The molecule has 2 rings (SSSR count). The summed E-state index contributed by atoms with van der Waals surface area (Å²) in [5, 5.41) is 2.65. The van der Waals surface area contributed by atoms with Crippen molar-refractivity contribution in [1.29, 1.82) is 0 Å². The van der Waals surface area contributed by atoms with Gasteiger partial charge in [-0.2, -0.15) is 0 Å². The number of rotatable bonds is 10. The van der Waals surface area contributed by atoms with E-state index in [9.17, 15) is 14.0 Å². The van der Waals surface area contributed by atoms with Gasteiger partial charge in [0, 0.05) is 16.6 Å². The van der Waals surface area contributed by atoms with Gasteiger partial charge in [0.05, 0.1) is 12.2 Å². The zero-order valence-corrected chi connectivity index (χ0v) is 17.5. The Balaban J connectivity index is 2.17. The van der Waals surface area contributed by atoms with Crippen LogP contribution < -0.4 is 14.8 Å². The van der Waals surface area contributed by atoms with Gasteiger partial charge in [-0.15, -0.1) is 0 Å². The van der Waals surface area contributed by atoms with E-state index in [0.717, 1.165) is 0 Å². The van der Waals surface area contributed by atoms with Crippen LogP contribution in [0.4, 0.5) is 4.39 Å². The average Bonchev–Trinajstić information content (AvgIpc) is 2.70. The molecule has 0 aliphatic carbocycles. The quantitative estimate of drug-likeness (QED) is 0.423. The number of hydrogen-bond acceptors (Lipinski definition) is 5. The smallest absolute Gasteiger partial charge is 0.344 e. The maximum Gasteiger partial charge on any atom is 0.344 e. The molecule has 6 nitrogen and oxygen atoms in total. The minimum absolute atomic E-state index is 0.0208. The summed E-state index contributed by atoms with van der Waals surface area (Å²) in [7, 11) is 0. The molecular formula is C21H21BrFNO5. The summed E-state index contributed by atoms with van der Waals surface area (Å²) >= 11 is 3.19. The van der Waals surface area contributed by atoms with Gasteiger partial charge in [0.15, 0.2) is 6.61 Å². The topological polar surface area (TPSA) is 73.9 Å². The molecule has 0 fully saturated rings. The number of ether oxygens (including phenoxy) is 3. The maximum atomic E-state index is 14.0. The Hall–Kier alpha value is -2.87. The number of carbonyl (C=O) groups excluding carboxylic acids is 2. The molecule has 0 bridgehead atoms. The second kappa shape index (κ2) is 11.2. The van der Waals surface area contributed by atoms with Crippen LogP contribution in [0, 0.1) is 5.82 Å². The van der Waals surface area contributed by atoms with Crippen molar-refractivity contribution in [1.82, 2.24) is 5.32 Å². The Kier molecular flexibility index (Phi) is 8.67. The molecule has 0 saturated heterocycles. The van der Waals surface area contributed by atoms with Crippen LogP contribution in [0.5, 0.6) is 11.5 Å². The molecule has 0 aliphatic rings. The Labute approximate surface area is 176 Å². The predicted octanol–water partition coefficient (Wildman–Crippen LogP) is 4.02. The maximum absolute atomic E-state index is 14.0. The van der Waals surface area contributed by atoms with Crippen molar-refractivity contribution in [2.45, 2.75) is 13.5 Å². The Bertz CT molecular complexity index is 887. The number of esters is 1. The van der Waals surface area contributed by atoms with Crippen LogP contribution in [0.15, 0.2) is 53.5 Å². The van der Waals surface area contributed by atoms with Crippen LogP contribution in [-0.2, 0) is 16.1 Å². The highest BCUT2D eigenvalue weighted by atomic mass is 79.9. The molecule has 0 saturated carbocycles. The molecule has 0 radical (unpaired) electrons. The van der Waals surface area contributed by atoms with Crippen LogP contribution in [0.3, 0.4) is 0 Å². The highest BCUT2D eigenvalue weighted by Crippen LogP contribution is 2.25. The first-order valence-electron chi connectivity index (χ1n) is 8.82. The molecule has 0 atom stereocenters. The Morgan fingerprint density at radius 3 is 2.69 bits per heavy atom. The van der Waals surface area contributed by atoms with Crippen molar-refractivity contribution in [3.8, 4) is 11.5 Å². The molecule has 1 amide bonds. The van der Waals surface area contributed by atoms with Crippen molar-refractivity contribution in [2.75, 3.05) is 19.8 Å². The second-order valence-corrected chi connectivity index (χ2v) is 6.69. The van der Waals surface area contributed by atoms with Crippen molar-refractivity contribution in [3.63, 3.8) is 0 Å². The van der Waals surface area contributed by atoms with Gasteiger partial charge < -0.3 is 19.5 Å². The van der Waals surface area contributed by atoms with Crippen LogP contribution >= 0.6 is 15.9 Å². The Morgan fingerprint density at radius 2 is 2.00 bits per heavy atom. The monoisotopic (exact) mass is 465 g/mol. The van der Waals surface area contributed by atoms with E-state index >= 15 is 0 Å². The number of nitrogens with one attached hydrogen (secondary N) is 1. The minimum atomic E-state index is -0.553. The van der Waals surface area contributed by atoms with Crippen LogP contribution in [0.2, 0.25) is 0 Å². The molecule has 1 N–H and O–H groups in total. The molecule has 2 aromatic rings. The zero-order valence-electron chi connectivity index (χ0n) is 15.9. The first kappa shape index (κ1) is 22.4. The highest BCUT2D eigenvalue weighted by Gasteiger charge is 2.16. The van der Waals surface area contributed by atoms with Gasteiger partial charge in [0.2, 0.25) is 0 Å². The molecule has 8 heteroatoms. The molecule has 29 heavy (non-hydrogen) atoms. The van der Waals surface area contributed by atoms with Crippen LogP contribution in [-0.4, -0.2) is 31.7 Å². The highest BCUT2D eigenvalue weighted by molar-refractivity contribution is 9.10. The lowest BCUT2D eigenvalue weighted by Gasteiger charge is -2.14. The standard InChI is InChI=1S/C21H21BrFNO5/c1-3-9-28-16-7-8-19(29-13-20(25)27-4-2)17(11-16)21(26)24-12-14-5-6-15(22)10-18(14)23/h3,5-8,10-11H,1,4,9,12-13H2,2H3,(H,24,26). The third-order valence-electron chi connectivity index (χ3n) is 3.67. The molecule has 0 heterocycles. The van der Waals surface area contributed by atoms with Crippen molar-refractivity contribution >= 4 is 27.8 Å². The number of carbonyl (C=O) groups is 2. The van der Waals surface area contributed by atoms with Gasteiger partial charge in [0.1, 0.15) is 23.9 Å². The van der Waals surface area contributed by atoms with Crippen molar-refractivity contribution < 1.29 is 28.2 Å². The second-order valence-electron chi connectivity index (χ2n) is 5.77. The normalized spacial score (nSPS) is 10.2. The van der Waals surface area contributed by atoms with Gasteiger partial charge in [0.25, 0.3) is 5.91 Å². The lowest BCUT2D eigenvalue weighted by atomic mass is 10.1. The van der Waals surface area contributed by atoms with Crippen molar-refractivity contribution in [3.05, 3.63) is 70.5 Å². The minimum Gasteiger partial charge on any atom is -0.490 e. The molecule has 0 aromatic heterocycles. The van der Waals surface area contributed by atoms with Gasteiger partial charge in [-0.05, 0) is 37.3 Å². The number of hydrogen-bond donors (Lipinski definition) is 1. The molecule has 0 spiro atoms. The van der Waals surface area contributed by atoms with E-state index in [1.807, 2.05) is 0 Å². The fourth-order valence-electron chi connectivity index (χ4n) is 2.33. The van der Waals surface area contributed by atoms with E-state index in [1.54, 1.807) is 31.2 Å². The van der Waals surface area contributed by atoms with Gasteiger partial charge in [-0.25, -0.2) is 9.18 Å². The van der Waals surface area contributed by atoms with E-state index in [-0.39, 0.29) is 37.7 Å².